The predicted octanol–water partition coefficient (Wildman–Crippen LogP) is 0.989. The molecule has 0 radical (unpaired) electrons. The molecule has 1 aliphatic rings. The first-order valence-corrected chi connectivity index (χ1v) is 8.02. The Hall–Kier alpha value is -0.660. The van der Waals surface area contributed by atoms with Crippen molar-refractivity contribution in [2.75, 3.05) is 20.7 Å². The van der Waals surface area contributed by atoms with Crippen molar-refractivity contribution in [1.29, 1.82) is 0 Å². The summed E-state index contributed by atoms with van der Waals surface area (Å²) in [5.41, 5.74) is 0. The molecule has 0 spiro atoms. The fourth-order valence-electron chi connectivity index (χ4n) is 2.21. The molecule has 19 heavy (non-hydrogen) atoms. The predicted molar refractivity (Wildman–Crippen MR) is 72.8 cm³/mol. The number of rotatable bonds is 6. The maximum atomic E-state index is 12.6. The molecular formula is C12H24N2O4S. The quantitative estimate of drug-likeness (QED) is 0.685. The first-order valence-electron chi connectivity index (χ1n) is 6.62. The van der Waals surface area contributed by atoms with Crippen LogP contribution >= 0.6 is 0 Å². The SMILES string of the molecule is COC(=O)CN(C1CCCC1)S(=O)(=O)N(C)C(C)C. The lowest BCUT2D eigenvalue weighted by molar-refractivity contribution is -0.141. The summed E-state index contributed by atoms with van der Waals surface area (Å²) < 4.78 is 32.3. The van der Waals surface area contributed by atoms with E-state index in [1.165, 1.54) is 15.7 Å². The van der Waals surface area contributed by atoms with Crippen LogP contribution in [0.15, 0.2) is 0 Å². The van der Waals surface area contributed by atoms with Crippen molar-refractivity contribution in [3.63, 3.8) is 0 Å². The van der Waals surface area contributed by atoms with Crippen LogP contribution in [0.5, 0.6) is 0 Å². The molecule has 0 saturated heterocycles. The van der Waals surface area contributed by atoms with Crippen molar-refractivity contribution in [1.82, 2.24) is 8.61 Å². The highest BCUT2D eigenvalue weighted by Crippen LogP contribution is 2.27. The van der Waals surface area contributed by atoms with Gasteiger partial charge in [0.05, 0.1) is 7.11 Å². The molecule has 0 aromatic rings. The first-order chi connectivity index (χ1) is 8.80. The third kappa shape index (κ3) is 3.90. The van der Waals surface area contributed by atoms with E-state index in [2.05, 4.69) is 4.74 Å². The second kappa shape index (κ2) is 6.67. The zero-order valence-electron chi connectivity index (χ0n) is 12.1. The number of esters is 1. The molecule has 1 aliphatic carbocycles. The molecule has 0 N–H and O–H groups in total. The van der Waals surface area contributed by atoms with Gasteiger partial charge in [0, 0.05) is 19.1 Å². The van der Waals surface area contributed by atoms with Gasteiger partial charge in [-0.3, -0.25) is 4.79 Å². The van der Waals surface area contributed by atoms with E-state index in [0.717, 1.165) is 25.7 Å². The third-order valence-electron chi connectivity index (χ3n) is 3.63. The van der Waals surface area contributed by atoms with Crippen molar-refractivity contribution in [2.45, 2.75) is 51.6 Å². The summed E-state index contributed by atoms with van der Waals surface area (Å²) in [6.45, 7) is 3.41. The van der Waals surface area contributed by atoms with E-state index in [1.54, 1.807) is 7.05 Å². The van der Waals surface area contributed by atoms with E-state index >= 15 is 0 Å². The van der Waals surface area contributed by atoms with Crippen LogP contribution in [0.4, 0.5) is 0 Å². The van der Waals surface area contributed by atoms with Gasteiger partial charge in [-0.15, -0.1) is 0 Å². The third-order valence-corrected chi connectivity index (χ3v) is 5.80. The van der Waals surface area contributed by atoms with Crippen LogP contribution in [-0.2, 0) is 19.7 Å². The van der Waals surface area contributed by atoms with Crippen LogP contribution < -0.4 is 0 Å². The summed E-state index contributed by atoms with van der Waals surface area (Å²) in [7, 11) is -0.810. The topological polar surface area (TPSA) is 66.9 Å². The Morgan fingerprint density at radius 1 is 1.32 bits per heavy atom. The summed E-state index contributed by atoms with van der Waals surface area (Å²) in [5, 5.41) is 0. The first kappa shape index (κ1) is 16.4. The molecule has 0 atom stereocenters. The Kier molecular flexibility index (Phi) is 5.76. The average molecular weight is 292 g/mol. The van der Waals surface area contributed by atoms with E-state index in [0.29, 0.717) is 0 Å². The summed E-state index contributed by atoms with van der Waals surface area (Å²) in [4.78, 5) is 11.5. The van der Waals surface area contributed by atoms with Crippen molar-refractivity contribution >= 4 is 16.2 Å². The Bertz CT molecular complexity index is 402. The lowest BCUT2D eigenvalue weighted by Gasteiger charge is -2.32. The molecule has 0 unspecified atom stereocenters. The minimum atomic E-state index is -3.62. The van der Waals surface area contributed by atoms with Crippen LogP contribution in [0.1, 0.15) is 39.5 Å². The molecule has 6 nitrogen and oxygen atoms in total. The van der Waals surface area contributed by atoms with Gasteiger partial charge in [0.15, 0.2) is 0 Å². The zero-order valence-corrected chi connectivity index (χ0v) is 12.9. The van der Waals surface area contributed by atoms with Crippen LogP contribution in [0.25, 0.3) is 0 Å². The molecule has 0 aliphatic heterocycles. The number of hydrogen-bond donors (Lipinski definition) is 0. The molecule has 1 fully saturated rings. The lowest BCUT2D eigenvalue weighted by atomic mass is 10.2. The monoisotopic (exact) mass is 292 g/mol. The van der Waals surface area contributed by atoms with E-state index < -0.39 is 16.2 Å². The Balaban J connectivity index is 2.97. The summed E-state index contributed by atoms with van der Waals surface area (Å²) in [6.07, 6.45) is 3.62. The van der Waals surface area contributed by atoms with Gasteiger partial charge in [-0.1, -0.05) is 12.8 Å². The normalized spacial score (nSPS) is 17.6. The minimum Gasteiger partial charge on any atom is -0.468 e. The number of ether oxygens (including phenoxy) is 1. The van der Waals surface area contributed by atoms with Crippen LogP contribution in [0, 0.1) is 0 Å². The van der Waals surface area contributed by atoms with Gasteiger partial charge in [0.25, 0.3) is 10.2 Å². The van der Waals surface area contributed by atoms with Gasteiger partial charge in [-0.25, -0.2) is 0 Å². The summed E-state index contributed by atoms with van der Waals surface area (Å²) in [5.74, 6) is -0.521. The van der Waals surface area contributed by atoms with Crippen molar-refractivity contribution < 1.29 is 17.9 Å². The molecule has 0 aromatic carbocycles. The van der Waals surface area contributed by atoms with Gasteiger partial charge in [-0.05, 0) is 26.7 Å². The van der Waals surface area contributed by atoms with Gasteiger partial charge < -0.3 is 4.74 Å². The number of carbonyl (C=O) groups is 1. The number of methoxy groups -OCH3 is 1. The van der Waals surface area contributed by atoms with Gasteiger partial charge in [0.2, 0.25) is 0 Å². The molecule has 0 amide bonds. The summed E-state index contributed by atoms with van der Waals surface area (Å²) >= 11 is 0. The molecule has 1 rings (SSSR count). The molecule has 0 bridgehead atoms. The minimum absolute atomic E-state index is 0.0923. The number of nitrogens with zero attached hydrogens (tertiary/aromatic N) is 2. The standard InChI is InChI=1S/C12H24N2O4S/c1-10(2)13(3)19(16,17)14(9-12(15)18-4)11-7-5-6-8-11/h10-11H,5-9H2,1-4H3. The smallest absolute Gasteiger partial charge is 0.321 e. The van der Waals surface area contributed by atoms with E-state index in [1.807, 2.05) is 13.8 Å². The van der Waals surface area contributed by atoms with Crippen LogP contribution in [0.2, 0.25) is 0 Å². The van der Waals surface area contributed by atoms with Crippen molar-refractivity contribution in [3.8, 4) is 0 Å². The van der Waals surface area contributed by atoms with Gasteiger partial charge >= 0.3 is 5.97 Å². The lowest BCUT2D eigenvalue weighted by Crippen LogP contribution is -2.50. The maximum Gasteiger partial charge on any atom is 0.321 e. The highest BCUT2D eigenvalue weighted by Gasteiger charge is 2.37. The fraction of sp³-hybridized carbons (Fsp3) is 0.917. The average Bonchev–Trinajstić information content (AvgIpc) is 2.87. The number of carbonyl (C=O) groups excluding carboxylic acids is 1. The highest BCUT2D eigenvalue weighted by molar-refractivity contribution is 7.86. The van der Waals surface area contributed by atoms with E-state index in [4.69, 9.17) is 0 Å². The molecule has 0 aromatic heterocycles. The number of hydrogen-bond acceptors (Lipinski definition) is 4. The Morgan fingerprint density at radius 3 is 2.26 bits per heavy atom. The maximum absolute atomic E-state index is 12.6. The van der Waals surface area contributed by atoms with E-state index in [-0.39, 0.29) is 18.6 Å². The molecule has 1 saturated carbocycles. The molecular weight excluding hydrogens is 268 g/mol. The van der Waals surface area contributed by atoms with Crippen molar-refractivity contribution in [3.05, 3.63) is 0 Å². The second-order valence-corrected chi connectivity index (χ2v) is 7.12. The summed E-state index contributed by atoms with van der Waals surface area (Å²) in [6, 6.07) is -0.239. The molecule has 0 heterocycles. The van der Waals surface area contributed by atoms with Crippen molar-refractivity contribution in [2.24, 2.45) is 0 Å². The van der Waals surface area contributed by atoms with E-state index in [9.17, 15) is 13.2 Å². The largest absolute Gasteiger partial charge is 0.468 e. The molecule has 7 heteroatoms. The Morgan fingerprint density at radius 2 is 1.84 bits per heavy atom. The van der Waals surface area contributed by atoms with Crippen LogP contribution in [0.3, 0.4) is 0 Å². The molecule has 112 valence electrons. The highest BCUT2D eigenvalue weighted by atomic mass is 32.2. The van der Waals surface area contributed by atoms with Gasteiger partial charge in [-0.2, -0.15) is 17.0 Å². The van der Waals surface area contributed by atoms with Crippen LogP contribution in [-0.4, -0.2) is 55.8 Å². The Labute approximate surface area is 115 Å². The fourth-order valence-corrected chi connectivity index (χ4v) is 3.93. The van der Waals surface area contributed by atoms with Gasteiger partial charge in [0.1, 0.15) is 6.54 Å². The zero-order chi connectivity index (χ0) is 14.6. The second-order valence-electron chi connectivity index (χ2n) is 5.18.